The number of carbonyl (C=O) groups excluding carboxylic acids is 2. The van der Waals surface area contributed by atoms with Crippen LogP contribution in [-0.4, -0.2) is 36.1 Å². The first-order valence-corrected chi connectivity index (χ1v) is 9.18. The molecule has 2 aromatic rings. The van der Waals surface area contributed by atoms with Crippen LogP contribution in [-0.2, 0) is 11.4 Å². The number of nitrogens with one attached hydrogen (secondary N) is 2. The van der Waals surface area contributed by atoms with Gasteiger partial charge >= 0.3 is 0 Å². The monoisotopic (exact) mass is 368 g/mol. The van der Waals surface area contributed by atoms with Crippen LogP contribution < -0.4 is 15.4 Å². The highest BCUT2D eigenvalue weighted by Crippen LogP contribution is 2.27. The van der Waals surface area contributed by atoms with Crippen molar-refractivity contribution in [2.24, 2.45) is 0 Å². The van der Waals surface area contributed by atoms with Crippen molar-refractivity contribution in [2.45, 2.75) is 32.4 Å². The second-order valence-electron chi connectivity index (χ2n) is 6.51. The molecule has 1 atom stereocenters. The SMILES string of the molecule is CCCOc1ccc(-c2ccc(C(=O)N[C@@H]3CCNC3=O)cc2)cc1CO. The van der Waals surface area contributed by atoms with Crippen molar-refractivity contribution in [1.29, 1.82) is 0 Å². The number of aliphatic hydroxyl groups excluding tert-OH is 1. The van der Waals surface area contributed by atoms with Crippen LogP contribution in [0.15, 0.2) is 42.5 Å². The quantitative estimate of drug-likeness (QED) is 0.699. The third kappa shape index (κ3) is 4.46. The van der Waals surface area contributed by atoms with E-state index in [1.165, 1.54) is 0 Å². The Bertz CT molecular complexity index is 817. The predicted octanol–water partition coefficient (Wildman–Crippen LogP) is 2.25. The number of hydrogen-bond acceptors (Lipinski definition) is 4. The van der Waals surface area contributed by atoms with Gasteiger partial charge in [0.1, 0.15) is 11.8 Å². The Hall–Kier alpha value is -2.86. The summed E-state index contributed by atoms with van der Waals surface area (Å²) in [6, 6.07) is 12.4. The van der Waals surface area contributed by atoms with Crippen LogP contribution in [0.5, 0.6) is 5.75 Å². The standard InChI is InChI=1S/C21H24N2O4/c1-2-11-27-19-8-7-16(12-17(19)13-24)14-3-5-15(6-4-14)20(25)23-18-9-10-22-21(18)26/h3-8,12,18,24H,2,9-11,13H2,1H3,(H,22,26)(H,23,25)/t18-/m1/s1. The zero-order valence-electron chi connectivity index (χ0n) is 15.3. The van der Waals surface area contributed by atoms with E-state index in [9.17, 15) is 14.7 Å². The summed E-state index contributed by atoms with van der Waals surface area (Å²) >= 11 is 0. The number of benzene rings is 2. The first kappa shape index (κ1) is 18.9. The smallest absolute Gasteiger partial charge is 0.251 e. The molecule has 3 rings (SSSR count). The normalized spacial score (nSPS) is 16.1. The third-order valence-corrected chi connectivity index (χ3v) is 4.53. The van der Waals surface area contributed by atoms with Gasteiger partial charge in [-0.25, -0.2) is 0 Å². The molecule has 0 bridgehead atoms. The lowest BCUT2D eigenvalue weighted by molar-refractivity contribution is -0.120. The van der Waals surface area contributed by atoms with Crippen LogP contribution in [0.1, 0.15) is 35.7 Å². The fourth-order valence-corrected chi connectivity index (χ4v) is 3.02. The van der Waals surface area contributed by atoms with Gasteiger partial charge in [0.25, 0.3) is 5.91 Å². The van der Waals surface area contributed by atoms with E-state index in [0.717, 1.165) is 23.1 Å². The minimum absolute atomic E-state index is 0.100. The zero-order chi connectivity index (χ0) is 19.2. The first-order valence-electron chi connectivity index (χ1n) is 9.18. The topological polar surface area (TPSA) is 87.7 Å². The maximum atomic E-state index is 12.3. The van der Waals surface area contributed by atoms with Crippen molar-refractivity contribution in [3.63, 3.8) is 0 Å². The number of ether oxygens (including phenoxy) is 1. The number of hydrogen-bond donors (Lipinski definition) is 3. The molecule has 1 fully saturated rings. The predicted molar refractivity (Wildman–Crippen MR) is 102 cm³/mol. The molecule has 0 aliphatic carbocycles. The third-order valence-electron chi connectivity index (χ3n) is 4.53. The molecule has 0 radical (unpaired) electrons. The molecule has 1 aliphatic heterocycles. The summed E-state index contributed by atoms with van der Waals surface area (Å²) in [5.41, 5.74) is 3.10. The number of rotatable bonds is 7. The van der Waals surface area contributed by atoms with Crippen molar-refractivity contribution in [2.75, 3.05) is 13.2 Å². The Morgan fingerprint density at radius 3 is 2.59 bits per heavy atom. The van der Waals surface area contributed by atoms with Gasteiger partial charge in [-0.2, -0.15) is 0 Å². The lowest BCUT2D eigenvalue weighted by atomic mass is 10.0. The molecule has 1 aliphatic rings. The van der Waals surface area contributed by atoms with Crippen molar-refractivity contribution in [1.82, 2.24) is 10.6 Å². The van der Waals surface area contributed by atoms with E-state index >= 15 is 0 Å². The molecule has 0 unspecified atom stereocenters. The zero-order valence-corrected chi connectivity index (χ0v) is 15.3. The maximum absolute atomic E-state index is 12.3. The molecule has 2 amide bonds. The number of aliphatic hydroxyl groups is 1. The van der Waals surface area contributed by atoms with Crippen LogP contribution in [0.2, 0.25) is 0 Å². The van der Waals surface area contributed by atoms with Gasteiger partial charge < -0.3 is 20.5 Å². The molecular weight excluding hydrogens is 344 g/mol. The molecule has 1 heterocycles. The van der Waals surface area contributed by atoms with E-state index < -0.39 is 6.04 Å². The van der Waals surface area contributed by atoms with Gasteiger partial charge in [-0.3, -0.25) is 9.59 Å². The summed E-state index contributed by atoms with van der Waals surface area (Å²) in [5.74, 6) is 0.291. The molecule has 0 saturated carbocycles. The largest absolute Gasteiger partial charge is 0.493 e. The highest BCUT2D eigenvalue weighted by molar-refractivity contribution is 5.98. The van der Waals surface area contributed by atoms with Crippen molar-refractivity contribution < 1.29 is 19.4 Å². The van der Waals surface area contributed by atoms with Gasteiger partial charge in [0, 0.05) is 17.7 Å². The Morgan fingerprint density at radius 1 is 1.22 bits per heavy atom. The molecule has 27 heavy (non-hydrogen) atoms. The molecule has 6 heteroatoms. The Labute approximate surface area is 158 Å². The van der Waals surface area contributed by atoms with Crippen LogP contribution >= 0.6 is 0 Å². The summed E-state index contributed by atoms with van der Waals surface area (Å²) in [6.45, 7) is 3.13. The number of carbonyl (C=O) groups is 2. The van der Waals surface area contributed by atoms with Gasteiger partial charge in [0.05, 0.1) is 13.2 Å². The molecule has 0 spiro atoms. The van der Waals surface area contributed by atoms with Crippen LogP contribution in [0.25, 0.3) is 11.1 Å². The molecule has 1 saturated heterocycles. The number of amides is 2. The van der Waals surface area contributed by atoms with E-state index in [4.69, 9.17) is 4.74 Å². The van der Waals surface area contributed by atoms with E-state index in [2.05, 4.69) is 10.6 Å². The molecule has 0 aromatic heterocycles. The minimum Gasteiger partial charge on any atom is -0.493 e. The van der Waals surface area contributed by atoms with Crippen molar-refractivity contribution in [3.8, 4) is 16.9 Å². The second kappa shape index (κ2) is 8.68. The summed E-state index contributed by atoms with van der Waals surface area (Å²) in [6.07, 6.45) is 1.51. The lowest BCUT2D eigenvalue weighted by Gasteiger charge is -2.12. The minimum atomic E-state index is -0.458. The van der Waals surface area contributed by atoms with Crippen molar-refractivity contribution >= 4 is 11.8 Å². The van der Waals surface area contributed by atoms with Crippen LogP contribution in [0, 0.1) is 0 Å². The van der Waals surface area contributed by atoms with Crippen molar-refractivity contribution in [3.05, 3.63) is 53.6 Å². The summed E-state index contributed by atoms with van der Waals surface area (Å²) < 4.78 is 5.65. The summed E-state index contributed by atoms with van der Waals surface area (Å²) in [4.78, 5) is 23.9. The molecule has 142 valence electrons. The molecular formula is C21H24N2O4. The lowest BCUT2D eigenvalue weighted by Crippen LogP contribution is -2.40. The highest BCUT2D eigenvalue weighted by Gasteiger charge is 2.25. The second-order valence-corrected chi connectivity index (χ2v) is 6.51. The van der Waals surface area contributed by atoms with E-state index in [1.54, 1.807) is 12.1 Å². The van der Waals surface area contributed by atoms with Crippen LogP contribution in [0.4, 0.5) is 0 Å². The van der Waals surface area contributed by atoms with Gasteiger partial charge in [-0.15, -0.1) is 0 Å². The van der Waals surface area contributed by atoms with E-state index in [-0.39, 0.29) is 18.4 Å². The van der Waals surface area contributed by atoms with E-state index in [1.807, 2.05) is 37.3 Å². The van der Waals surface area contributed by atoms with Gasteiger partial charge in [-0.05, 0) is 48.2 Å². The van der Waals surface area contributed by atoms with E-state index in [0.29, 0.717) is 30.9 Å². The molecule has 3 N–H and O–H groups in total. The highest BCUT2D eigenvalue weighted by atomic mass is 16.5. The van der Waals surface area contributed by atoms with Crippen LogP contribution in [0.3, 0.4) is 0 Å². The maximum Gasteiger partial charge on any atom is 0.251 e. The van der Waals surface area contributed by atoms with Gasteiger partial charge in [-0.1, -0.05) is 25.1 Å². The fraction of sp³-hybridized carbons (Fsp3) is 0.333. The van der Waals surface area contributed by atoms with Gasteiger partial charge in [0.15, 0.2) is 0 Å². The average Bonchev–Trinajstić information content (AvgIpc) is 3.10. The Balaban J connectivity index is 1.72. The average molecular weight is 368 g/mol. The summed E-state index contributed by atoms with van der Waals surface area (Å²) in [7, 11) is 0. The molecule has 6 nitrogen and oxygen atoms in total. The fourth-order valence-electron chi connectivity index (χ4n) is 3.02. The van der Waals surface area contributed by atoms with Gasteiger partial charge in [0.2, 0.25) is 5.91 Å². The molecule has 2 aromatic carbocycles. The Morgan fingerprint density at radius 2 is 1.96 bits per heavy atom. The Kier molecular flexibility index (Phi) is 6.08. The first-order chi connectivity index (χ1) is 13.1. The summed E-state index contributed by atoms with van der Waals surface area (Å²) in [5, 5.41) is 15.0.